The molecule has 1 spiro atoms. The highest BCUT2D eigenvalue weighted by atomic mass is 16.2. The number of benzene rings is 3. The van der Waals surface area contributed by atoms with Gasteiger partial charge in [-0.3, -0.25) is 14.6 Å². The Labute approximate surface area is 223 Å². The number of para-hydroxylation sites is 2. The fourth-order valence-electron chi connectivity index (χ4n) is 5.98. The van der Waals surface area contributed by atoms with Crippen LogP contribution < -0.4 is 0 Å². The van der Waals surface area contributed by atoms with Crippen LogP contribution in [0.1, 0.15) is 29.8 Å². The summed E-state index contributed by atoms with van der Waals surface area (Å²) >= 11 is 0. The lowest BCUT2D eigenvalue weighted by molar-refractivity contribution is -0.136. The van der Waals surface area contributed by atoms with Crippen LogP contribution >= 0.6 is 0 Å². The lowest BCUT2D eigenvalue weighted by Gasteiger charge is -2.42. The van der Waals surface area contributed by atoms with Crippen molar-refractivity contribution < 1.29 is 9.59 Å². The predicted molar refractivity (Wildman–Crippen MR) is 147 cm³/mol. The molecule has 0 saturated carbocycles. The number of amides is 3. The maximum atomic E-state index is 14.0. The Balaban J connectivity index is 1.22. The molecule has 0 bridgehead atoms. The summed E-state index contributed by atoms with van der Waals surface area (Å²) in [6, 6.07) is 28.0. The average Bonchev–Trinajstić information content (AvgIpc) is 3.36. The van der Waals surface area contributed by atoms with E-state index >= 15 is 0 Å². The molecular weight excluding hydrogens is 474 g/mol. The number of likely N-dealkylation sites (tertiary alicyclic amines) is 1. The number of carbonyl (C=O) groups excluding carboxylic acids is 2. The van der Waals surface area contributed by atoms with Crippen molar-refractivity contribution in [2.45, 2.75) is 37.9 Å². The van der Waals surface area contributed by atoms with Crippen molar-refractivity contribution in [1.82, 2.24) is 24.3 Å². The zero-order valence-electron chi connectivity index (χ0n) is 21.8. The molecular formula is C31H33N5O2. The van der Waals surface area contributed by atoms with Gasteiger partial charge in [0.1, 0.15) is 11.4 Å². The van der Waals surface area contributed by atoms with E-state index in [1.807, 2.05) is 71.6 Å². The first-order valence-corrected chi connectivity index (χ1v) is 13.4. The molecule has 2 aliphatic rings. The Morgan fingerprint density at radius 3 is 2.11 bits per heavy atom. The molecule has 4 aromatic rings. The van der Waals surface area contributed by atoms with Crippen molar-refractivity contribution in [2.75, 3.05) is 19.6 Å². The van der Waals surface area contributed by atoms with Crippen LogP contribution in [0, 0.1) is 0 Å². The molecule has 3 heterocycles. The number of rotatable bonds is 7. The number of piperidine rings is 1. The van der Waals surface area contributed by atoms with Crippen LogP contribution in [0.4, 0.5) is 4.79 Å². The molecule has 0 unspecified atom stereocenters. The second-order valence-corrected chi connectivity index (χ2v) is 10.4. The van der Waals surface area contributed by atoms with E-state index in [1.54, 1.807) is 0 Å². The van der Waals surface area contributed by atoms with Gasteiger partial charge in [-0.2, -0.15) is 0 Å². The van der Waals surface area contributed by atoms with Crippen molar-refractivity contribution in [3.05, 3.63) is 102 Å². The largest absolute Gasteiger partial charge is 0.330 e. The van der Waals surface area contributed by atoms with Crippen LogP contribution in [0.25, 0.3) is 11.0 Å². The summed E-state index contributed by atoms with van der Waals surface area (Å²) in [6.45, 7) is 3.05. The summed E-state index contributed by atoms with van der Waals surface area (Å²) in [5, 5.41) is 0. The van der Waals surface area contributed by atoms with Gasteiger partial charge in [0.15, 0.2) is 0 Å². The van der Waals surface area contributed by atoms with Crippen LogP contribution in [0.5, 0.6) is 0 Å². The van der Waals surface area contributed by atoms with Gasteiger partial charge in [0.25, 0.3) is 5.91 Å². The first-order valence-electron chi connectivity index (χ1n) is 13.4. The van der Waals surface area contributed by atoms with E-state index in [1.165, 1.54) is 10.5 Å². The minimum Gasteiger partial charge on any atom is -0.330 e. The van der Waals surface area contributed by atoms with Crippen molar-refractivity contribution in [1.29, 1.82) is 0 Å². The lowest BCUT2D eigenvalue weighted by atomic mass is 9.85. The Hall–Kier alpha value is -3.97. The third kappa shape index (κ3) is 4.37. The third-order valence-corrected chi connectivity index (χ3v) is 8.20. The first-order chi connectivity index (χ1) is 18.5. The van der Waals surface area contributed by atoms with E-state index in [0.717, 1.165) is 48.5 Å². The minimum absolute atomic E-state index is 0.0539. The fraction of sp³-hybridized carbons (Fsp3) is 0.323. The highest BCUT2D eigenvalue weighted by Crippen LogP contribution is 2.38. The van der Waals surface area contributed by atoms with E-state index in [-0.39, 0.29) is 11.9 Å². The van der Waals surface area contributed by atoms with E-state index in [9.17, 15) is 9.59 Å². The molecule has 1 aromatic heterocycles. The fourth-order valence-corrected chi connectivity index (χ4v) is 5.98. The van der Waals surface area contributed by atoms with Crippen LogP contribution in [0.2, 0.25) is 0 Å². The molecule has 0 atom stereocenters. The summed E-state index contributed by atoms with van der Waals surface area (Å²) in [7, 11) is 2.06. The standard InChI is InChI=1S/C31H33N5O2/c1-33-27-15-9-8-14-26(27)32-28(33)23-34-20-17-31(18-21-34)29(37)35(22-25-12-6-3-7-13-25)30(38)36(31)19-16-24-10-4-2-5-11-24/h2-15H,16-23H2,1H3. The molecule has 7 heteroatoms. The molecule has 3 aromatic carbocycles. The molecule has 38 heavy (non-hydrogen) atoms. The van der Waals surface area contributed by atoms with Gasteiger partial charge in [0, 0.05) is 26.7 Å². The summed E-state index contributed by atoms with van der Waals surface area (Å²) in [6.07, 6.45) is 1.98. The summed E-state index contributed by atoms with van der Waals surface area (Å²) < 4.78 is 2.15. The zero-order valence-corrected chi connectivity index (χ0v) is 21.8. The van der Waals surface area contributed by atoms with Gasteiger partial charge in [0.2, 0.25) is 0 Å². The molecule has 0 radical (unpaired) electrons. The van der Waals surface area contributed by atoms with E-state index < -0.39 is 5.54 Å². The number of imidazole rings is 1. The number of hydrogen-bond donors (Lipinski definition) is 0. The predicted octanol–water partition coefficient (Wildman–Crippen LogP) is 4.62. The second kappa shape index (κ2) is 10.1. The first kappa shape index (κ1) is 24.4. The van der Waals surface area contributed by atoms with E-state index in [0.29, 0.717) is 25.9 Å². The number of imide groups is 1. The Bertz CT molecular complexity index is 1440. The monoisotopic (exact) mass is 507 g/mol. The van der Waals surface area contributed by atoms with Gasteiger partial charge in [0.05, 0.1) is 24.1 Å². The topological polar surface area (TPSA) is 61.7 Å². The van der Waals surface area contributed by atoms with E-state index in [4.69, 9.17) is 4.98 Å². The smallest absolute Gasteiger partial charge is 0.328 e. The second-order valence-electron chi connectivity index (χ2n) is 10.4. The molecule has 2 saturated heterocycles. The van der Waals surface area contributed by atoms with E-state index in [2.05, 4.69) is 34.7 Å². The van der Waals surface area contributed by atoms with Crippen LogP contribution in [-0.4, -0.2) is 61.4 Å². The Morgan fingerprint density at radius 2 is 1.42 bits per heavy atom. The highest BCUT2D eigenvalue weighted by Gasteiger charge is 2.57. The molecule has 0 aliphatic carbocycles. The molecule has 7 nitrogen and oxygen atoms in total. The van der Waals surface area contributed by atoms with Gasteiger partial charge in [-0.25, -0.2) is 9.78 Å². The van der Waals surface area contributed by atoms with Crippen molar-refractivity contribution in [2.24, 2.45) is 7.05 Å². The molecule has 194 valence electrons. The number of urea groups is 1. The van der Waals surface area contributed by atoms with Gasteiger partial charge >= 0.3 is 6.03 Å². The molecule has 3 amide bonds. The van der Waals surface area contributed by atoms with Crippen molar-refractivity contribution >= 4 is 23.0 Å². The zero-order chi connectivity index (χ0) is 26.1. The summed E-state index contributed by atoms with van der Waals surface area (Å²) in [5.41, 5.74) is 3.47. The lowest BCUT2D eigenvalue weighted by Crippen LogP contribution is -2.56. The Kier molecular flexibility index (Phi) is 6.45. The molecule has 0 N–H and O–H groups in total. The minimum atomic E-state index is -0.788. The third-order valence-electron chi connectivity index (χ3n) is 8.20. The summed E-state index contributed by atoms with van der Waals surface area (Å²) in [5.74, 6) is 0.962. The van der Waals surface area contributed by atoms with Crippen molar-refractivity contribution in [3.8, 4) is 0 Å². The number of aryl methyl sites for hydroxylation is 1. The molecule has 2 fully saturated rings. The normalized spacial score (nSPS) is 17.7. The van der Waals surface area contributed by atoms with Gasteiger partial charge in [-0.05, 0) is 42.5 Å². The van der Waals surface area contributed by atoms with Crippen LogP contribution in [0.15, 0.2) is 84.9 Å². The van der Waals surface area contributed by atoms with Crippen LogP contribution in [-0.2, 0) is 31.4 Å². The maximum absolute atomic E-state index is 14.0. The van der Waals surface area contributed by atoms with Crippen molar-refractivity contribution in [3.63, 3.8) is 0 Å². The van der Waals surface area contributed by atoms with Gasteiger partial charge in [-0.1, -0.05) is 72.8 Å². The van der Waals surface area contributed by atoms with Gasteiger partial charge < -0.3 is 9.47 Å². The number of nitrogens with zero attached hydrogens (tertiary/aromatic N) is 5. The maximum Gasteiger partial charge on any atom is 0.328 e. The number of carbonyl (C=O) groups is 2. The average molecular weight is 508 g/mol. The highest BCUT2D eigenvalue weighted by molar-refractivity contribution is 6.07. The quantitative estimate of drug-likeness (QED) is 0.343. The molecule has 6 rings (SSSR count). The SMILES string of the molecule is Cn1c(CN2CCC3(CC2)C(=O)N(Cc2ccccc2)C(=O)N3CCc2ccccc2)nc2ccccc21. The number of hydrogen-bond acceptors (Lipinski definition) is 4. The Morgan fingerprint density at radius 1 is 0.789 bits per heavy atom. The number of fused-ring (bicyclic) bond motifs is 1. The number of aromatic nitrogens is 2. The van der Waals surface area contributed by atoms with Crippen LogP contribution in [0.3, 0.4) is 0 Å². The summed E-state index contributed by atoms with van der Waals surface area (Å²) in [4.78, 5) is 38.3. The molecule has 2 aliphatic heterocycles. The van der Waals surface area contributed by atoms with Gasteiger partial charge in [-0.15, -0.1) is 0 Å².